The Balaban J connectivity index is 1.26. The van der Waals surface area contributed by atoms with Gasteiger partial charge >= 0.3 is 0 Å². The topological polar surface area (TPSA) is 78.3 Å². The molecule has 2 atom stereocenters. The first-order valence-corrected chi connectivity index (χ1v) is 13.0. The Morgan fingerprint density at radius 1 is 1.00 bits per heavy atom. The van der Waals surface area contributed by atoms with Crippen molar-refractivity contribution in [2.24, 2.45) is 0 Å². The number of fused-ring (bicyclic) bond motifs is 1. The lowest BCUT2D eigenvalue weighted by atomic mass is 10.1. The minimum atomic E-state index is -0.422. The van der Waals surface area contributed by atoms with Crippen LogP contribution in [0.25, 0.3) is 5.69 Å². The smallest absolute Gasteiger partial charge is 0.230 e. The van der Waals surface area contributed by atoms with Gasteiger partial charge in [-0.3, -0.25) is 9.36 Å². The molecular formula is C28H28N4O3S. The van der Waals surface area contributed by atoms with E-state index in [4.69, 9.17) is 9.47 Å². The second-order valence-corrected chi connectivity index (χ2v) is 9.60. The van der Waals surface area contributed by atoms with Crippen LogP contribution in [0.5, 0.6) is 11.5 Å². The number of thioether (sulfide) groups is 1. The molecule has 2 heterocycles. The van der Waals surface area contributed by atoms with Gasteiger partial charge in [-0.1, -0.05) is 72.4 Å². The number of carbonyl (C=O) groups excluding carboxylic acids is 1. The minimum absolute atomic E-state index is 0.0316. The van der Waals surface area contributed by atoms with Gasteiger partial charge in [0.05, 0.1) is 5.75 Å². The summed E-state index contributed by atoms with van der Waals surface area (Å²) < 4.78 is 14.1. The molecule has 4 aromatic rings. The van der Waals surface area contributed by atoms with Gasteiger partial charge < -0.3 is 14.8 Å². The molecule has 1 N–H and O–H groups in total. The van der Waals surface area contributed by atoms with Crippen LogP contribution in [0.2, 0.25) is 0 Å². The molecule has 7 nitrogen and oxygen atoms in total. The van der Waals surface area contributed by atoms with Gasteiger partial charge in [-0.15, -0.1) is 10.2 Å². The first kappa shape index (κ1) is 23.9. The molecule has 8 heteroatoms. The van der Waals surface area contributed by atoms with E-state index >= 15 is 0 Å². The lowest BCUT2D eigenvalue weighted by Crippen LogP contribution is -2.34. The summed E-state index contributed by atoms with van der Waals surface area (Å²) in [6, 6.07) is 27.8. The summed E-state index contributed by atoms with van der Waals surface area (Å²) in [7, 11) is 0. The van der Waals surface area contributed by atoms with Crippen molar-refractivity contribution in [2.75, 3.05) is 12.4 Å². The molecule has 5 rings (SSSR count). The van der Waals surface area contributed by atoms with E-state index in [1.165, 1.54) is 17.3 Å². The average Bonchev–Trinajstić information content (AvgIpc) is 3.35. The monoisotopic (exact) mass is 500 g/mol. The van der Waals surface area contributed by atoms with Crippen LogP contribution in [0.1, 0.15) is 30.8 Å². The summed E-state index contributed by atoms with van der Waals surface area (Å²) in [6.45, 7) is 2.36. The highest BCUT2D eigenvalue weighted by molar-refractivity contribution is 7.99. The van der Waals surface area contributed by atoms with E-state index in [0.717, 1.165) is 18.5 Å². The largest absolute Gasteiger partial charge is 0.485 e. The fraction of sp³-hybridized carbons (Fsp3) is 0.250. The number of aryl methyl sites for hydroxylation is 1. The molecule has 1 aliphatic heterocycles. The van der Waals surface area contributed by atoms with E-state index in [1.807, 2.05) is 84.3 Å². The number of benzene rings is 3. The number of nitrogens with zero attached hydrogens (tertiary/aromatic N) is 3. The lowest BCUT2D eigenvalue weighted by molar-refractivity contribution is -0.119. The fourth-order valence-electron chi connectivity index (χ4n) is 4.10. The summed E-state index contributed by atoms with van der Waals surface area (Å²) in [5.74, 6) is 2.23. The number of hydrogen-bond acceptors (Lipinski definition) is 6. The summed E-state index contributed by atoms with van der Waals surface area (Å²) in [6.07, 6.45) is 1.38. The highest BCUT2D eigenvalue weighted by Gasteiger charge is 2.29. The highest BCUT2D eigenvalue weighted by Crippen LogP contribution is 2.36. The number of para-hydroxylation sites is 3. The predicted octanol–water partition coefficient (Wildman–Crippen LogP) is 5.01. The minimum Gasteiger partial charge on any atom is -0.485 e. The average molecular weight is 501 g/mol. The van der Waals surface area contributed by atoms with Crippen molar-refractivity contribution in [3.8, 4) is 17.2 Å². The maximum Gasteiger partial charge on any atom is 0.230 e. The van der Waals surface area contributed by atoms with Gasteiger partial charge in [-0.05, 0) is 49.6 Å². The van der Waals surface area contributed by atoms with Crippen LogP contribution in [0.15, 0.2) is 90.1 Å². The molecular weight excluding hydrogens is 472 g/mol. The van der Waals surface area contributed by atoms with Crippen LogP contribution in [0.3, 0.4) is 0 Å². The van der Waals surface area contributed by atoms with Crippen LogP contribution >= 0.6 is 11.8 Å². The normalized spacial score (nSPS) is 15.3. The third-order valence-electron chi connectivity index (χ3n) is 5.92. The van der Waals surface area contributed by atoms with Crippen molar-refractivity contribution in [3.63, 3.8) is 0 Å². The number of ether oxygens (including phenoxy) is 2. The molecule has 0 spiro atoms. The van der Waals surface area contributed by atoms with Gasteiger partial charge in [-0.2, -0.15) is 0 Å². The van der Waals surface area contributed by atoms with E-state index in [-0.39, 0.29) is 17.7 Å². The number of aromatic nitrogens is 3. The van der Waals surface area contributed by atoms with Crippen molar-refractivity contribution >= 4 is 17.7 Å². The van der Waals surface area contributed by atoms with E-state index in [0.29, 0.717) is 29.1 Å². The number of rotatable bonds is 9. The Hall–Kier alpha value is -3.78. The molecule has 0 fully saturated rings. The Morgan fingerprint density at radius 2 is 1.69 bits per heavy atom. The molecule has 0 unspecified atom stereocenters. The molecule has 0 saturated heterocycles. The summed E-state index contributed by atoms with van der Waals surface area (Å²) >= 11 is 1.36. The fourth-order valence-corrected chi connectivity index (χ4v) is 4.87. The van der Waals surface area contributed by atoms with Crippen LogP contribution in [-0.4, -0.2) is 39.1 Å². The van der Waals surface area contributed by atoms with Crippen molar-refractivity contribution < 1.29 is 14.3 Å². The summed E-state index contributed by atoms with van der Waals surface area (Å²) in [4.78, 5) is 12.7. The van der Waals surface area contributed by atoms with Crippen molar-refractivity contribution in [1.29, 1.82) is 0 Å². The zero-order chi connectivity index (χ0) is 24.7. The maximum atomic E-state index is 12.7. The third kappa shape index (κ3) is 5.71. The summed E-state index contributed by atoms with van der Waals surface area (Å²) in [5.41, 5.74) is 2.17. The second kappa shape index (κ2) is 11.3. The van der Waals surface area contributed by atoms with Gasteiger partial charge in [0, 0.05) is 11.7 Å². The number of carbonyl (C=O) groups is 1. The Bertz CT molecular complexity index is 1300. The molecule has 0 aliphatic carbocycles. The van der Waals surface area contributed by atoms with Gasteiger partial charge in [0.2, 0.25) is 5.91 Å². The third-order valence-corrected chi connectivity index (χ3v) is 6.85. The lowest BCUT2D eigenvalue weighted by Gasteiger charge is -2.26. The van der Waals surface area contributed by atoms with Crippen LogP contribution < -0.4 is 14.8 Å². The van der Waals surface area contributed by atoms with Crippen LogP contribution in [0, 0.1) is 0 Å². The van der Waals surface area contributed by atoms with Gasteiger partial charge in [-0.25, -0.2) is 0 Å². The van der Waals surface area contributed by atoms with E-state index in [2.05, 4.69) is 27.6 Å². The molecule has 0 radical (unpaired) electrons. The van der Waals surface area contributed by atoms with Crippen molar-refractivity contribution in [1.82, 2.24) is 20.1 Å². The standard InChI is InChI=1S/C28H28N4O3S/c1-20(16-17-21-10-4-2-5-11-21)29-26(33)19-36-28-31-30-27(32(28)22-12-6-3-7-13-22)25-18-34-23-14-8-9-15-24(23)35-25/h2-15,20,25H,16-19H2,1H3,(H,29,33)/t20-,25-/m0/s1. The van der Waals surface area contributed by atoms with E-state index in [1.54, 1.807) is 0 Å². The van der Waals surface area contributed by atoms with Gasteiger partial charge in [0.15, 0.2) is 28.6 Å². The first-order chi connectivity index (χ1) is 17.7. The van der Waals surface area contributed by atoms with Crippen LogP contribution in [-0.2, 0) is 11.2 Å². The second-order valence-electron chi connectivity index (χ2n) is 8.66. The number of hydrogen-bond donors (Lipinski definition) is 1. The molecule has 1 aromatic heterocycles. The van der Waals surface area contributed by atoms with Crippen molar-refractivity contribution in [2.45, 2.75) is 37.1 Å². The molecule has 184 valence electrons. The Labute approximate surface area is 214 Å². The SMILES string of the molecule is C[C@@H](CCc1ccccc1)NC(=O)CSc1nnc([C@@H]2COc3ccccc3O2)n1-c1ccccc1. The molecule has 1 amide bonds. The molecule has 36 heavy (non-hydrogen) atoms. The zero-order valence-corrected chi connectivity index (χ0v) is 20.9. The van der Waals surface area contributed by atoms with Crippen LogP contribution in [0.4, 0.5) is 0 Å². The first-order valence-electron chi connectivity index (χ1n) is 12.0. The molecule has 3 aromatic carbocycles. The zero-order valence-electron chi connectivity index (χ0n) is 20.0. The predicted molar refractivity (Wildman–Crippen MR) is 140 cm³/mol. The Kier molecular flexibility index (Phi) is 7.52. The molecule has 0 saturated carbocycles. The number of amides is 1. The summed E-state index contributed by atoms with van der Waals surface area (Å²) in [5, 5.41) is 12.6. The molecule has 0 bridgehead atoms. The van der Waals surface area contributed by atoms with E-state index in [9.17, 15) is 4.79 Å². The highest BCUT2D eigenvalue weighted by atomic mass is 32.2. The van der Waals surface area contributed by atoms with Crippen molar-refractivity contribution in [3.05, 3.63) is 96.3 Å². The number of nitrogens with one attached hydrogen (secondary N) is 1. The Morgan fingerprint density at radius 3 is 2.47 bits per heavy atom. The van der Waals surface area contributed by atoms with E-state index < -0.39 is 6.10 Å². The maximum absolute atomic E-state index is 12.7. The van der Waals surface area contributed by atoms with Gasteiger partial charge in [0.1, 0.15) is 6.61 Å². The quantitative estimate of drug-likeness (QED) is 0.326. The molecule has 1 aliphatic rings. The van der Waals surface area contributed by atoms with Gasteiger partial charge in [0.25, 0.3) is 0 Å².